The van der Waals surface area contributed by atoms with Crippen LogP contribution in [0, 0.1) is 13.8 Å². The van der Waals surface area contributed by atoms with Crippen molar-refractivity contribution in [3.8, 4) is 0 Å². The third-order valence-corrected chi connectivity index (χ3v) is 2.26. The van der Waals surface area contributed by atoms with Gasteiger partial charge in [0.2, 0.25) is 0 Å². The zero-order valence-electron chi connectivity index (χ0n) is 7.00. The molecule has 0 spiro atoms. The molecule has 0 bridgehead atoms. The maximum Gasteiger partial charge on any atom is 0.155 e. The van der Waals surface area contributed by atoms with Gasteiger partial charge in [0.1, 0.15) is 5.82 Å². The lowest BCUT2D eigenvalue weighted by Crippen LogP contribution is -1.91. The molecular weight excluding hydrogens is 172 g/mol. The Balaban J connectivity index is 2.99. The van der Waals surface area contributed by atoms with Crippen molar-refractivity contribution in [2.75, 3.05) is 0 Å². The molecule has 0 aromatic carbocycles. The molecule has 0 radical (unpaired) electrons. The molecule has 0 atom stereocenters. The number of hydrogen-bond donors (Lipinski definition) is 0. The average molecular weight is 181 g/mol. The monoisotopic (exact) mass is 180 g/mol. The Kier molecular flexibility index (Phi) is 1.58. The number of rotatable bonds is 0. The molecule has 2 nitrogen and oxygen atoms in total. The first-order valence-corrected chi connectivity index (χ1v) is 4.18. The second-order valence-corrected chi connectivity index (χ2v) is 3.20. The summed E-state index contributed by atoms with van der Waals surface area (Å²) in [4.78, 5) is 4.18. The molecule has 0 amide bonds. The lowest BCUT2D eigenvalue weighted by atomic mass is 10.3. The highest BCUT2D eigenvalue weighted by Gasteiger charge is 2.05. The second-order valence-electron chi connectivity index (χ2n) is 2.84. The van der Waals surface area contributed by atoms with Crippen LogP contribution in [0.25, 0.3) is 5.52 Å². The number of hydrogen-bond acceptors (Lipinski definition) is 1. The fourth-order valence-electron chi connectivity index (χ4n) is 1.46. The summed E-state index contributed by atoms with van der Waals surface area (Å²) < 4.78 is 2.04. The summed E-state index contributed by atoms with van der Waals surface area (Å²) >= 11 is 5.92. The third kappa shape index (κ3) is 0.916. The summed E-state index contributed by atoms with van der Waals surface area (Å²) in [6, 6.07) is 5.99. The highest BCUT2D eigenvalue weighted by molar-refractivity contribution is 6.32. The van der Waals surface area contributed by atoms with E-state index in [0.29, 0.717) is 5.15 Å². The van der Waals surface area contributed by atoms with Crippen LogP contribution in [0.3, 0.4) is 0 Å². The van der Waals surface area contributed by atoms with Gasteiger partial charge in [-0.05, 0) is 26.0 Å². The molecule has 2 heterocycles. The molecule has 0 aliphatic carbocycles. The van der Waals surface area contributed by atoms with Gasteiger partial charge in [-0.25, -0.2) is 4.98 Å². The predicted octanol–water partition coefficient (Wildman–Crippen LogP) is 2.60. The van der Waals surface area contributed by atoms with E-state index in [9.17, 15) is 0 Å². The van der Waals surface area contributed by atoms with Crippen LogP contribution >= 0.6 is 11.6 Å². The molecule has 0 aliphatic heterocycles. The standard InChI is InChI=1S/C9H9ClN2/c1-6-4-3-5-8-9(10)11-7(2)12(6)8/h3-5H,1-2H3. The number of halogens is 1. The summed E-state index contributed by atoms with van der Waals surface area (Å²) in [5.41, 5.74) is 2.14. The van der Waals surface area contributed by atoms with Crippen molar-refractivity contribution >= 4 is 17.1 Å². The Labute approximate surface area is 75.8 Å². The minimum Gasteiger partial charge on any atom is -0.300 e. The van der Waals surface area contributed by atoms with Crippen molar-refractivity contribution in [1.82, 2.24) is 9.38 Å². The van der Waals surface area contributed by atoms with E-state index < -0.39 is 0 Å². The largest absolute Gasteiger partial charge is 0.300 e. The van der Waals surface area contributed by atoms with Crippen LogP contribution in [0.15, 0.2) is 18.2 Å². The number of nitrogens with zero attached hydrogens (tertiary/aromatic N) is 2. The van der Waals surface area contributed by atoms with Crippen LogP contribution in [0.5, 0.6) is 0 Å². The number of aromatic nitrogens is 2. The maximum absolute atomic E-state index is 5.92. The van der Waals surface area contributed by atoms with Gasteiger partial charge in [-0.15, -0.1) is 0 Å². The molecule has 12 heavy (non-hydrogen) atoms. The summed E-state index contributed by atoms with van der Waals surface area (Å²) in [5, 5.41) is 0.580. The zero-order chi connectivity index (χ0) is 8.72. The minimum atomic E-state index is 0.580. The van der Waals surface area contributed by atoms with Gasteiger partial charge in [-0.3, -0.25) is 4.40 Å². The van der Waals surface area contributed by atoms with E-state index in [2.05, 4.69) is 4.98 Å². The number of imidazole rings is 1. The van der Waals surface area contributed by atoms with Gasteiger partial charge in [0.25, 0.3) is 0 Å². The quantitative estimate of drug-likeness (QED) is 0.609. The molecule has 3 heteroatoms. The Morgan fingerprint density at radius 3 is 2.75 bits per heavy atom. The minimum absolute atomic E-state index is 0.580. The summed E-state index contributed by atoms with van der Waals surface area (Å²) in [7, 11) is 0. The smallest absolute Gasteiger partial charge is 0.155 e. The fourth-order valence-corrected chi connectivity index (χ4v) is 1.73. The van der Waals surface area contributed by atoms with Crippen molar-refractivity contribution in [2.45, 2.75) is 13.8 Å². The molecule has 0 fully saturated rings. The third-order valence-electron chi connectivity index (χ3n) is 1.98. The SMILES string of the molecule is Cc1cccc2c(Cl)nc(C)n12. The first kappa shape index (κ1) is 7.62. The maximum atomic E-state index is 5.92. The Morgan fingerprint density at radius 2 is 2.08 bits per heavy atom. The van der Waals surface area contributed by atoms with Gasteiger partial charge in [0.05, 0.1) is 5.52 Å². The molecule has 2 aromatic heterocycles. The fraction of sp³-hybridized carbons (Fsp3) is 0.222. The predicted molar refractivity (Wildman–Crippen MR) is 49.7 cm³/mol. The van der Waals surface area contributed by atoms with Crippen LogP contribution in [-0.4, -0.2) is 9.38 Å². The molecular formula is C9H9ClN2. The van der Waals surface area contributed by atoms with E-state index in [4.69, 9.17) is 11.6 Å². The molecule has 2 rings (SSSR count). The number of pyridine rings is 1. The molecule has 62 valence electrons. The lowest BCUT2D eigenvalue weighted by Gasteiger charge is -1.99. The van der Waals surface area contributed by atoms with E-state index in [-0.39, 0.29) is 0 Å². The van der Waals surface area contributed by atoms with Crippen LogP contribution in [-0.2, 0) is 0 Å². The van der Waals surface area contributed by atoms with Gasteiger partial charge in [-0.1, -0.05) is 17.7 Å². The van der Waals surface area contributed by atoms with E-state index in [1.807, 2.05) is 36.4 Å². The van der Waals surface area contributed by atoms with Crippen LogP contribution in [0.4, 0.5) is 0 Å². The topological polar surface area (TPSA) is 17.3 Å². The van der Waals surface area contributed by atoms with E-state index >= 15 is 0 Å². The normalized spacial score (nSPS) is 10.9. The van der Waals surface area contributed by atoms with Crippen molar-refractivity contribution in [1.29, 1.82) is 0 Å². The van der Waals surface area contributed by atoms with Crippen LogP contribution in [0.2, 0.25) is 5.15 Å². The van der Waals surface area contributed by atoms with Gasteiger partial charge >= 0.3 is 0 Å². The Bertz CT molecular complexity index is 431. The molecule has 0 saturated heterocycles. The highest BCUT2D eigenvalue weighted by Crippen LogP contribution is 2.18. The highest BCUT2D eigenvalue weighted by atomic mass is 35.5. The van der Waals surface area contributed by atoms with E-state index in [0.717, 1.165) is 17.0 Å². The first-order valence-electron chi connectivity index (χ1n) is 3.80. The van der Waals surface area contributed by atoms with Crippen molar-refractivity contribution in [2.24, 2.45) is 0 Å². The first-order chi connectivity index (χ1) is 5.70. The van der Waals surface area contributed by atoms with Gasteiger partial charge in [-0.2, -0.15) is 0 Å². The summed E-state index contributed by atoms with van der Waals surface area (Å²) in [6.45, 7) is 3.99. The Morgan fingerprint density at radius 1 is 1.33 bits per heavy atom. The second kappa shape index (κ2) is 2.49. The lowest BCUT2D eigenvalue weighted by molar-refractivity contribution is 0.996. The van der Waals surface area contributed by atoms with Gasteiger partial charge in [0.15, 0.2) is 5.15 Å². The molecule has 0 saturated carbocycles. The van der Waals surface area contributed by atoms with Crippen molar-refractivity contribution < 1.29 is 0 Å². The van der Waals surface area contributed by atoms with E-state index in [1.54, 1.807) is 0 Å². The molecule has 0 unspecified atom stereocenters. The van der Waals surface area contributed by atoms with Crippen LogP contribution in [0.1, 0.15) is 11.5 Å². The van der Waals surface area contributed by atoms with E-state index in [1.165, 1.54) is 0 Å². The number of aryl methyl sites for hydroxylation is 2. The van der Waals surface area contributed by atoms with Crippen LogP contribution < -0.4 is 0 Å². The van der Waals surface area contributed by atoms with Gasteiger partial charge < -0.3 is 0 Å². The Hall–Kier alpha value is -1.02. The summed E-state index contributed by atoms with van der Waals surface area (Å²) in [6.07, 6.45) is 0. The van der Waals surface area contributed by atoms with Crippen molar-refractivity contribution in [3.63, 3.8) is 0 Å². The molecule has 2 aromatic rings. The molecule has 0 aliphatic rings. The number of fused-ring (bicyclic) bond motifs is 1. The zero-order valence-corrected chi connectivity index (χ0v) is 7.76. The summed E-state index contributed by atoms with van der Waals surface area (Å²) in [5.74, 6) is 0.938. The average Bonchev–Trinajstić information content (AvgIpc) is 2.29. The van der Waals surface area contributed by atoms with Gasteiger partial charge in [0, 0.05) is 5.69 Å². The molecule has 0 N–H and O–H groups in total. The van der Waals surface area contributed by atoms with Crippen molar-refractivity contribution in [3.05, 3.63) is 34.9 Å².